The summed E-state index contributed by atoms with van der Waals surface area (Å²) in [6, 6.07) is 15.2. The second-order valence-corrected chi connectivity index (χ2v) is 9.71. The Morgan fingerprint density at radius 1 is 1.03 bits per heavy atom. The third kappa shape index (κ3) is 7.37. The van der Waals surface area contributed by atoms with Crippen LogP contribution in [0.5, 0.6) is 0 Å². The van der Waals surface area contributed by atoms with Crippen molar-refractivity contribution in [3.63, 3.8) is 0 Å². The molecule has 29 heavy (non-hydrogen) atoms. The second kappa shape index (κ2) is 11.6. The summed E-state index contributed by atoms with van der Waals surface area (Å²) >= 11 is -1.32. The Balaban J connectivity index is 2.18. The molecule has 1 aromatic carbocycles. The highest BCUT2D eigenvalue weighted by molar-refractivity contribution is 7.90. The van der Waals surface area contributed by atoms with Gasteiger partial charge in [-0.15, -0.1) is 4.72 Å². The van der Waals surface area contributed by atoms with Crippen LogP contribution in [0.25, 0.3) is 0 Å². The molecule has 0 fully saturated rings. The fourth-order valence-electron chi connectivity index (χ4n) is 2.81. The summed E-state index contributed by atoms with van der Waals surface area (Å²) < 4.78 is 33.1. The molecule has 0 aliphatic heterocycles. The smallest absolute Gasteiger partial charge is 0.136 e. The predicted octanol–water partition coefficient (Wildman–Crippen LogP) is 3.42. The standard InChI is InChI=1S/C22H32N2O4S/c1-22(2,3)29(25)24-20(21(27-5)18-13-9-10-14-23-18)19(26-4)16-28-15-17-11-7-6-8-12-17/h6-14,19-21,24H,15-16H2,1-5H3. The number of methoxy groups -OCH3 is 2. The van der Waals surface area contributed by atoms with Crippen molar-refractivity contribution in [2.75, 3.05) is 20.8 Å². The number of nitrogens with one attached hydrogen (secondary N) is 1. The first-order chi connectivity index (χ1) is 13.9. The van der Waals surface area contributed by atoms with E-state index in [0.29, 0.717) is 13.2 Å². The molecular formula is C22H32N2O4S. The highest BCUT2D eigenvalue weighted by Crippen LogP contribution is 2.25. The Bertz CT molecular complexity index is 697. The van der Waals surface area contributed by atoms with Crippen LogP contribution in [-0.2, 0) is 32.2 Å². The Labute approximate surface area is 177 Å². The largest absolute Gasteiger partial charge is 0.598 e. The van der Waals surface area contributed by atoms with E-state index in [-0.39, 0.29) is 0 Å². The molecule has 7 heteroatoms. The molecule has 0 saturated carbocycles. The van der Waals surface area contributed by atoms with Gasteiger partial charge in [0.15, 0.2) is 0 Å². The molecule has 0 bridgehead atoms. The van der Waals surface area contributed by atoms with Gasteiger partial charge in [-0.2, -0.15) is 0 Å². The average Bonchev–Trinajstić information content (AvgIpc) is 2.72. The molecule has 0 aliphatic rings. The lowest BCUT2D eigenvalue weighted by Gasteiger charge is -2.35. The third-order valence-corrected chi connectivity index (χ3v) is 6.05. The normalized spacial score (nSPS) is 16.2. The van der Waals surface area contributed by atoms with Crippen molar-refractivity contribution in [1.29, 1.82) is 0 Å². The molecule has 1 heterocycles. The fraction of sp³-hybridized carbons (Fsp3) is 0.500. The Morgan fingerprint density at radius 2 is 1.72 bits per heavy atom. The van der Waals surface area contributed by atoms with Crippen molar-refractivity contribution in [3.05, 3.63) is 66.0 Å². The molecule has 1 aromatic heterocycles. The van der Waals surface area contributed by atoms with Gasteiger partial charge in [-0.3, -0.25) is 4.98 Å². The van der Waals surface area contributed by atoms with Crippen molar-refractivity contribution < 1.29 is 18.8 Å². The van der Waals surface area contributed by atoms with E-state index in [1.54, 1.807) is 20.4 Å². The third-order valence-electron chi connectivity index (χ3n) is 4.46. The van der Waals surface area contributed by atoms with Crippen LogP contribution in [0.1, 0.15) is 38.1 Å². The van der Waals surface area contributed by atoms with E-state index >= 15 is 0 Å². The van der Waals surface area contributed by atoms with Crippen LogP contribution in [-0.4, -0.2) is 47.3 Å². The van der Waals surface area contributed by atoms with Crippen LogP contribution in [0.15, 0.2) is 54.7 Å². The number of benzene rings is 1. The number of hydrogen-bond acceptors (Lipinski definition) is 6. The number of ether oxygens (including phenoxy) is 3. The Hall–Kier alpha value is -1.48. The minimum atomic E-state index is -1.32. The fourth-order valence-corrected chi connectivity index (χ4v) is 3.69. The molecule has 0 amide bonds. The molecule has 2 aromatic rings. The van der Waals surface area contributed by atoms with Gasteiger partial charge in [0.2, 0.25) is 0 Å². The van der Waals surface area contributed by atoms with Crippen molar-refractivity contribution >= 4 is 11.4 Å². The van der Waals surface area contributed by atoms with E-state index in [4.69, 9.17) is 14.2 Å². The van der Waals surface area contributed by atoms with Crippen LogP contribution in [0.3, 0.4) is 0 Å². The lowest BCUT2D eigenvalue weighted by Crippen LogP contribution is -2.54. The zero-order chi connectivity index (χ0) is 21.3. The van der Waals surface area contributed by atoms with Gasteiger partial charge in [-0.1, -0.05) is 36.4 Å². The average molecular weight is 421 g/mol. The summed E-state index contributed by atoms with van der Waals surface area (Å²) in [5, 5.41) is 0. The van der Waals surface area contributed by atoms with Gasteiger partial charge >= 0.3 is 0 Å². The molecular weight excluding hydrogens is 388 g/mol. The van der Waals surface area contributed by atoms with E-state index in [9.17, 15) is 4.55 Å². The first-order valence-corrected chi connectivity index (χ1v) is 10.8. The van der Waals surface area contributed by atoms with Crippen molar-refractivity contribution in [3.8, 4) is 0 Å². The van der Waals surface area contributed by atoms with Gasteiger partial charge in [0.05, 0.1) is 18.9 Å². The number of aromatic nitrogens is 1. The zero-order valence-corrected chi connectivity index (χ0v) is 18.6. The monoisotopic (exact) mass is 420 g/mol. The van der Waals surface area contributed by atoms with Crippen molar-refractivity contribution in [1.82, 2.24) is 9.71 Å². The van der Waals surface area contributed by atoms with Crippen LogP contribution in [0, 0.1) is 0 Å². The number of rotatable bonds is 11. The Morgan fingerprint density at radius 3 is 2.28 bits per heavy atom. The summed E-state index contributed by atoms with van der Waals surface area (Å²) in [5.41, 5.74) is 1.82. The number of nitrogens with zero attached hydrogens (tertiary/aromatic N) is 1. The van der Waals surface area contributed by atoms with Gasteiger partial charge in [0.1, 0.15) is 23.0 Å². The van der Waals surface area contributed by atoms with Gasteiger partial charge in [0.25, 0.3) is 0 Å². The Kier molecular flexibility index (Phi) is 9.55. The first-order valence-electron chi connectivity index (χ1n) is 9.63. The second-order valence-electron chi connectivity index (χ2n) is 7.71. The minimum absolute atomic E-state index is 0.317. The molecule has 2 rings (SSSR count). The van der Waals surface area contributed by atoms with Crippen LogP contribution in [0.2, 0.25) is 0 Å². The van der Waals surface area contributed by atoms with E-state index in [0.717, 1.165) is 11.3 Å². The molecule has 4 unspecified atom stereocenters. The van der Waals surface area contributed by atoms with Gasteiger partial charge in [-0.25, -0.2) is 0 Å². The molecule has 6 nitrogen and oxygen atoms in total. The zero-order valence-electron chi connectivity index (χ0n) is 17.8. The lowest BCUT2D eigenvalue weighted by atomic mass is 10.0. The summed E-state index contributed by atoms with van der Waals surface area (Å²) in [4.78, 5) is 4.42. The molecule has 0 spiro atoms. The SMILES string of the molecule is COC(COCc1ccccc1)C(N[S+]([O-])C(C)(C)C)C(OC)c1ccccn1. The molecule has 0 radical (unpaired) electrons. The van der Waals surface area contributed by atoms with Crippen LogP contribution < -0.4 is 4.72 Å². The molecule has 0 saturated heterocycles. The molecule has 4 atom stereocenters. The van der Waals surface area contributed by atoms with Crippen LogP contribution >= 0.6 is 0 Å². The molecule has 1 N–H and O–H groups in total. The maximum atomic E-state index is 12.9. The maximum Gasteiger partial charge on any atom is 0.136 e. The van der Waals surface area contributed by atoms with Gasteiger partial charge < -0.3 is 18.8 Å². The van der Waals surface area contributed by atoms with Crippen LogP contribution in [0.4, 0.5) is 0 Å². The summed E-state index contributed by atoms with van der Waals surface area (Å²) in [5.74, 6) is 0. The number of hydrogen-bond donors (Lipinski definition) is 1. The maximum absolute atomic E-state index is 12.9. The van der Waals surface area contributed by atoms with Gasteiger partial charge in [-0.05, 0) is 38.5 Å². The summed E-state index contributed by atoms with van der Waals surface area (Å²) in [7, 11) is 3.24. The van der Waals surface area contributed by atoms with E-state index in [1.165, 1.54) is 0 Å². The highest BCUT2D eigenvalue weighted by Gasteiger charge is 2.39. The molecule has 0 aliphatic carbocycles. The van der Waals surface area contributed by atoms with E-state index in [2.05, 4.69) is 9.71 Å². The summed E-state index contributed by atoms with van der Waals surface area (Å²) in [6.07, 6.45) is 0.872. The quantitative estimate of drug-likeness (QED) is 0.562. The first kappa shape index (κ1) is 23.8. The highest BCUT2D eigenvalue weighted by atomic mass is 32.2. The van der Waals surface area contributed by atoms with E-state index < -0.39 is 34.4 Å². The van der Waals surface area contributed by atoms with E-state index in [1.807, 2.05) is 69.3 Å². The summed E-state index contributed by atoms with van der Waals surface area (Å²) in [6.45, 7) is 6.55. The number of pyridine rings is 1. The topological polar surface area (TPSA) is 75.7 Å². The lowest BCUT2D eigenvalue weighted by molar-refractivity contribution is -0.0510. The predicted molar refractivity (Wildman–Crippen MR) is 116 cm³/mol. The molecule has 160 valence electrons. The van der Waals surface area contributed by atoms with Gasteiger partial charge in [0, 0.05) is 31.8 Å². The van der Waals surface area contributed by atoms with Crippen molar-refractivity contribution in [2.45, 2.75) is 50.4 Å². The minimum Gasteiger partial charge on any atom is -0.598 e. The van der Waals surface area contributed by atoms with Crippen molar-refractivity contribution in [2.24, 2.45) is 0 Å².